The van der Waals surface area contributed by atoms with Crippen molar-refractivity contribution in [2.24, 2.45) is 0 Å². The van der Waals surface area contributed by atoms with E-state index < -0.39 is 0 Å². The molecular weight excluding hydrogens is 298 g/mol. The standard InChI is InChI=1S/C17H19NO3S/c1-10(2)21-15-8-11(4-5-14(15)20-3)12-9-16(19)18-13-6-7-22-17(12)13/h4-8,10,12H,9H2,1-3H3,(H,18,19)/t12-/m1/s1. The average Bonchev–Trinajstić information content (AvgIpc) is 2.93. The second-order valence-electron chi connectivity index (χ2n) is 5.58. The van der Waals surface area contributed by atoms with Gasteiger partial charge in [0.2, 0.25) is 5.91 Å². The van der Waals surface area contributed by atoms with Crippen LogP contribution in [0.2, 0.25) is 0 Å². The van der Waals surface area contributed by atoms with Crippen molar-refractivity contribution < 1.29 is 14.3 Å². The van der Waals surface area contributed by atoms with Crippen molar-refractivity contribution in [1.82, 2.24) is 0 Å². The molecule has 1 aliphatic rings. The van der Waals surface area contributed by atoms with Crippen LogP contribution in [0.1, 0.15) is 36.6 Å². The number of ether oxygens (including phenoxy) is 2. The molecule has 22 heavy (non-hydrogen) atoms. The monoisotopic (exact) mass is 317 g/mol. The SMILES string of the molecule is COc1ccc([C@H]2CC(=O)Nc3ccsc32)cc1OC(C)C. The van der Waals surface area contributed by atoms with E-state index in [-0.39, 0.29) is 17.9 Å². The molecule has 1 N–H and O–H groups in total. The molecule has 0 bridgehead atoms. The van der Waals surface area contributed by atoms with Crippen molar-refractivity contribution in [2.75, 3.05) is 12.4 Å². The van der Waals surface area contributed by atoms with E-state index in [4.69, 9.17) is 9.47 Å². The lowest BCUT2D eigenvalue weighted by molar-refractivity contribution is -0.116. The van der Waals surface area contributed by atoms with E-state index in [2.05, 4.69) is 5.32 Å². The number of anilines is 1. The first kappa shape index (κ1) is 14.9. The number of carbonyl (C=O) groups excluding carboxylic acids is 1. The molecule has 0 fully saturated rings. The number of hydrogen-bond donors (Lipinski definition) is 1. The Balaban J connectivity index is 2.00. The summed E-state index contributed by atoms with van der Waals surface area (Å²) in [4.78, 5) is 13.1. The maximum absolute atomic E-state index is 11.9. The third kappa shape index (κ3) is 2.81. The highest BCUT2D eigenvalue weighted by molar-refractivity contribution is 7.10. The van der Waals surface area contributed by atoms with Gasteiger partial charge in [0.15, 0.2) is 11.5 Å². The zero-order chi connectivity index (χ0) is 15.7. The highest BCUT2D eigenvalue weighted by Gasteiger charge is 2.28. The first-order chi connectivity index (χ1) is 10.6. The molecule has 2 heterocycles. The van der Waals surface area contributed by atoms with Crippen LogP contribution in [0.15, 0.2) is 29.6 Å². The zero-order valence-corrected chi connectivity index (χ0v) is 13.7. The number of nitrogens with one attached hydrogen (secondary N) is 1. The number of thiophene rings is 1. The summed E-state index contributed by atoms with van der Waals surface area (Å²) in [6.45, 7) is 3.97. The van der Waals surface area contributed by atoms with Crippen LogP contribution >= 0.6 is 11.3 Å². The summed E-state index contributed by atoms with van der Waals surface area (Å²) in [5, 5.41) is 4.94. The lowest BCUT2D eigenvalue weighted by Crippen LogP contribution is -2.22. The van der Waals surface area contributed by atoms with Gasteiger partial charge in [0.05, 0.1) is 18.9 Å². The Kier molecular flexibility index (Phi) is 4.07. The highest BCUT2D eigenvalue weighted by Crippen LogP contribution is 2.42. The largest absolute Gasteiger partial charge is 0.493 e. The molecule has 1 atom stereocenters. The van der Waals surface area contributed by atoms with Crippen LogP contribution in [0.5, 0.6) is 11.5 Å². The smallest absolute Gasteiger partial charge is 0.225 e. The van der Waals surface area contributed by atoms with E-state index >= 15 is 0 Å². The quantitative estimate of drug-likeness (QED) is 0.926. The van der Waals surface area contributed by atoms with Gasteiger partial charge >= 0.3 is 0 Å². The Morgan fingerprint density at radius 1 is 1.27 bits per heavy atom. The van der Waals surface area contributed by atoms with Crippen LogP contribution in [0, 0.1) is 0 Å². The van der Waals surface area contributed by atoms with E-state index in [0.717, 1.165) is 17.0 Å². The molecule has 3 rings (SSSR count). The van der Waals surface area contributed by atoms with E-state index in [1.54, 1.807) is 18.4 Å². The molecule has 1 amide bonds. The summed E-state index contributed by atoms with van der Waals surface area (Å²) in [6, 6.07) is 7.87. The number of amides is 1. The molecule has 0 aliphatic carbocycles. The van der Waals surface area contributed by atoms with Gasteiger partial charge < -0.3 is 14.8 Å². The van der Waals surface area contributed by atoms with Crippen LogP contribution in [-0.4, -0.2) is 19.1 Å². The van der Waals surface area contributed by atoms with E-state index in [9.17, 15) is 4.79 Å². The Morgan fingerprint density at radius 2 is 2.09 bits per heavy atom. The van der Waals surface area contributed by atoms with Gasteiger partial charge in [-0.05, 0) is 43.0 Å². The predicted molar refractivity (Wildman–Crippen MR) is 88.2 cm³/mol. The molecule has 1 aliphatic heterocycles. The number of methoxy groups -OCH3 is 1. The molecule has 1 aromatic heterocycles. The van der Waals surface area contributed by atoms with Crippen LogP contribution in [-0.2, 0) is 4.79 Å². The van der Waals surface area contributed by atoms with E-state index in [1.165, 1.54) is 4.88 Å². The fourth-order valence-corrected chi connectivity index (χ4v) is 3.68. The molecule has 4 nitrogen and oxygen atoms in total. The van der Waals surface area contributed by atoms with Crippen LogP contribution < -0.4 is 14.8 Å². The number of rotatable bonds is 4. The molecule has 0 unspecified atom stereocenters. The van der Waals surface area contributed by atoms with Crippen LogP contribution in [0.25, 0.3) is 0 Å². The van der Waals surface area contributed by atoms with Gasteiger partial charge in [-0.2, -0.15) is 0 Å². The first-order valence-corrected chi connectivity index (χ1v) is 8.18. The molecule has 0 radical (unpaired) electrons. The summed E-state index contributed by atoms with van der Waals surface area (Å²) in [6.07, 6.45) is 0.525. The number of fused-ring (bicyclic) bond motifs is 1. The fraction of sp³-hybridized carbons (Fsp3) is 0.353. The average molecular weight is 317 g/mol. The van der Waals surface area contributed by atoms with E-state index in [0.29, 0.717) is 12.2 Å². The molecule has 5 heteroatoms. The van der Waals surface area contributed by atoms with Gasteiger partial charge in [-0.3, -0.25) is 4.79 Å². The molecule has 2 aromatic rings. The van der Waals surface area contributed by atoms with Crippen molar-refractivity contribution in [3.05, 3.63) is 40.1 Å². The molecule has 1 aromatic carbocycles. The van der Waals surface area contributed by atoms with Crippen molar-refractivity contribution in [2.45, 2.75) is 32.3 Å². The minimum Gasteiger partial charge on any atom is -0.493 e. The summed E-state index contributed by atoms with van der Waals surface area (Å²) in [7, 11) is 1.63. The van der Waals surface area contributed by atoms with Crippen molar-refractivity contribution in [3.63, 3.8) is 0 Å². The normalized spacial score (nSPS) is 17.1. The molecule has 0 spiro atoms. The maximum atomic E-state index is 11.9. The third-order valence-corrected chi connectivity index (χ3v) is 4.66. The van der Waals surface area contributed by atoms with Gasteiger partial charge in [0.25, 0.3) is 0 Å². The molecule has 0 saturated carbocycles. The summed E-state index contributed by atoms with van der Waals surface area (Å²) in [5.41, 5.74) is 2.00. The lowest BCUT2D eigenvalue weighted by atomic mass is 9.90. The Morgan fingerprint density at radius 3 is 2.82 bits per heavy atom. The fourth-order valence-electron chi connectivity index (χ4n) is 2.70. The van der Waals surface area contributed by atoms with Gasteiger partial charge in [-0.15, -0.1) is 11.3 Å². The number of hydrogen-bond acceptors (Lipinski definition) is 4. The summed E-state index contributed by atoms with van der Waals surface area (Å²) in [5.74, 6) is 1.56. The topological polar surface area (TPSA) is 47.6 Å². The zero-order valence-electron chi connectivity index (χ0n) is 12.9. The minimum atomic E-state index is 0.0537. The number of benzene rings is 1. The van der Waals surface area contributed by atoms with Crippen LogP contribution in [0.3, 0.4) is 0 Å². The predicted octanol–water partition coefficient (Wildman–Crippen LogP) is 4.02. The second-order valence-corrected chi connectivity index (χ2v) is 6.53. The van der Waals surface area contributed by atoms with Gasteiger partial charge in [0.1, 0.15) is 0 Å². The van der Waals surface area contributed by atoms with Crippen molar-refractivity contribution in [3.8, 4) is 11.5 Å². The van der Waals surface area contributed by atoms with Gasteiger partial charge in [0, 0.05) is 17.2 Å². The van der Waals surface area contributed by atoms with Crippen LogP contribution in [0.4, 0.5) is 5.69 Å². The third-order valence-electron chi connectivity index (χ3n) is 3.63. The minimum absolute atomic E-state index is 0.0537. The summed E-state index contributed by atoms with van der Waals surface area (Å²) < 4.78 is 11.2. The Labute approximate surface area is 134 Å². The van der Waals surface area contributed by atoms with E-state index in [1.807, 2.05) is 43.5 Å². The second kappa shape index (κ2) is 6.01. The van der Waals surface area contributed by atoms with Crippen molar-refractivity contribution in [1.29, 1.82) is 0 Å². The summed E-state index contributed by atoms with van der Waals surface area (Å²) >= 11 is 1.67. The first-order valence-electron chi connectivity index (χ1n) is 7.30. The maximum Gasteiger partial charge on any atom is 0.225 e. The van der Waals surface area contributed by atoms with Gasteiger partial charge in [-0.25, -0.2) is 0 Å². The lowest BCUT2D eigenvalue weighted by Gasteiger charge is -2.24. The highest BCUT2D eigenvalue weighted by atomic mass is 32.1. The van der Waals surface area contributed by atoms with Gasteiger partial charge in [-0.1, -0.05) is 6.07 Å². The Bertz CT molecular complexity index is 693. The van der Waals surface area contributed by atoms with Crippen molar-refractivity contribution >= 4 is 22.9 Å². The molecular formula is C17H19NO3S. The molecule has 0 saturated heterocycles. The Hall–Kier alpha value is -2.01. The number of carbonyl (C=O) groups is 1. The molecule has 116 valence electrons.